The summed E-state index contributed by atoms with van der Waals surface area (Å²) in [6.07, 6.45) is 4.98. The molecule has 0 unspecified atom stereocenters. The van der Waals surface area contributed by atoms with Crippen LogP contribution in [0.5, 0.6) is 5.75 Å². The maximum atomic E-state index is 12.1. The number of aryl methyl sites for hydroxylation is 1. The lowest BCUT2D eigenvalue weighted by Crippen LogP contribution is -2.22. The van der Waals surface area contributed by atoms with Crippen molar-refractivity contribution in [2.45, 2.75) is 12.1 Å². The smallest absolute Gasteiger partial charge is 0.262 e. The number of ether oxygens (including phenoxy) is 1. The minimum absolute atomic E-state index is 0.290. The Balaban J connectivity index is 2.20. The predicted octanol–water partition coefficient (Wildman–Crippen LogP) is 3.63. The van der Waals surface area contributed by atoms with Gasteiger partial charge in [-0.15, -0.1) is 10.2 Å². The summed E-state index contributed by atoms with van der Waals surface area (Å²) >= 11 is 8.25. The number of hydrogen-bond acceptors (Lipinski definition) is 5. The second kappa shape index (κ2) is 7.98. The Labute approximate surface area is 154 Å². The second-order valence-electron chi connectivity index (χ2n) is 4.39. The molecule has 2 aromatic rings. The molecule has 9 heteroatoms. The van der Waals surface area contributed by atoms with Crippen LogP contribution < -0.4 is 10.2 Å². The van der Waals surface area contributed by atoms with E-state index in [9.17, 15) is 4.79 Å². The number of methoxy groups -OCH3 is 1. The van der Waals surface area contributed by atoms with Crippen LogP contribution in [0.15, 0.2) is 32.3 Å². The summed E-state index contributed by atoms with van der Waals surface area (Å²) in [4.78, 5) is 12.1. The summed E-state index contributed by atoms with van der Waals surface area (Å²) in [5.74, 6) is 0.975. The van der Waals surface area contributed by atoms with E-state index < -0.39 is 0 Å². The molecule has 0 saturated heterocycles. The van der Waals surface area contributed by atoms with E-state index in [1.165, 1.54) is 17.8 Å². The van der Waals surface area contributed by atoms with Crippen molar-refractivity contribution in [3.8, 4) is 5.75 Å². The highest BCUT2D eigenvalue weighted by Gasteiger charge is 2.10. The van der Waals surface area contributed by atoms with Crippen LogP contribution >= 0.6 is 43.6 Å². The minimum atomic E-state index is -0.290. The molecule has 1 amide bonds. The summed E-state index contributed by atoms with van der Waals surface area (Å²) in [6, 6.07) is 3.74. The lowest BCUT2D eigenvalue weighted by molar-refractivity contribution is -0.112. The molecule has 1 heterocycles. The Morgan fingerprint density at radius 1 is 1.39 bits per heavy atom. The second-order valence-corrected chi connectivity index (χ2v) is 6.93. The predicted molar refractivity (Wildman–Crippen MR) is 98.3 cm³/mol. The summed E-state index contributed by atoms with van der Waals surface area (Å²) in [6.45, 7) is 1.77. The van der Waals surface area contributed by atoms with Crippen LogP contribution in [0.2, 0.25) is 0 Å². The van der Waals surface area contributed by atoms with Gasteiger partial charge in [-0.1, -0.05) is 27.7 Å². The number of aromatic nitrogens is 3. The Morgan fingerprint density at radius 2 is 2.13 bits per heavy atom. The molecule has 6 nitrogen and oxygen atoms in total. The van der Waals surface area contributed by atoms with E-state index in [0.717, 1.165) is 14.5 Å². The van der Waals surface area contributed by atoms with Gasteiger partial charge in [0, 0.05) is 16.1 Å². The van der Waals surface area contributed by atoms with Gasteiger partial charge in [0.05, 0.1) is 11.6 Å². The molecule has 0 aliphatic rings. The van der Waals surface area contributed by atoms with Crippen molar-refractivity contribution in [3.05, 3.63) is 38.5 Å². The van der Waals surface area contributed by atoms with Crippen molar-refractivity contribution in [2.75, 3.05) is 18.8 Å². The van der Waals surface area contributed by atoms with Gasteiger partial charge >= 0.3 is 0 Å². The van der Waals surface area contributed by atoms with Crippen LogP contribution in [0.3, 0.4) is 0 Å². The van der Waals surface area contributed by atoms with Gasteiger partial charge in [-0.05, 0) is 47.3 Å². The first-order valence-electron chi connectivity index (χ1n) is 6.44. The largest absolute Gasteiger partial charge is 0.495 e. The van der Waals surface area contributed by atoms with Gasteiger partial charge in [-0.3, -0.25) is 10.2 Å². The van der Waals surface area contributed by atoms with E-state index in [4.69, 9.17) is 4.74 Å². The van der Waals surface area contributed by atoms with Gasteiger partial charge in [0.15, 0.2) is 0 Å². The van der Waals surface area contributed by atoms with Crippen LogP contribution in [0.1, 0.15) is 11.4 Å². The topological polar surface area (TPSA) is 69.0 Å². The van der Waals surface area contributed by atoms with E-state index >= 15 is 0 Å². The van der Waals surface area contributed by atoms with E-state index in [-0.39, 0.29) is 5.91 Å². The molecule has 1 aromatic carbocycles. The van der Waals surface area contributed by atoms with E-state index in [0.29, 0.717) is 16.7 Å². The van der Waals surface area contributed by atoms with Crippen LogP contribution in [0.25, 0.3) is 6.08 Å². The molecule has 0 radical (unpaired) electrons. The highest BCUT2D eigenvalue weighted by molar-refractivity contribution is 9.11. The number of halogens is 2. The number of nitrogens with zero attached hydrogens (tertiary/aromatic N) is 3. The normalized spacial score (nSPS) is 11.0. The minimum Gasteiger partial charge on any atom is -0.495 e. The van der Waals surface area contributed by atoms with Crippen LogP contribution in [0, 0.1) is 6.92 Å². The SMILES string of the molecule is COc1c(Br)cc(Br)cc1/C=C/C(=O)Nn1c(C)nnc1SC. The number of nitrogens with one attached hydrogen (secondary N) is 1. The third kappa shape index (κ3) is 4.36. The fourth-order valence-corrected chi connectivity index (χ4v) is 3.74. The highest BCUT2D eigenvalue weighted by atomic mass is 79.9. The standard InChI is InChI=1S/C14H14Br2N4O2S/c1-8-17-18-14(23-3)20(8)19-12(21)5-4-9-6-10(15)7-11(16)13(9)22-2/h4-7H,1-3H3,(H,19,21)/b5-4+. The Hall–Kier alpha value is -1.32. The van der Waals surface area contributed by atoms with Crippen molar-refractivity contribution in [2.24, 2.45) is 0 Å². The molecule has 0 atom stereocenters. The molecule has 0 fully saturated rings. The fourth-order valence-electron chi connectivity index (χ4n) is 1.84. The first-order valence-corrected chi connectivity index (χ1v) is 9.25. The molecule has 1 N–H and O–H groups in total. The molecule has 0 saturated carbocycles. The zero-order valence-corrected chi connectivity index (χ0v) is 16.6. The molecule has 0 bridgehead atoms. The van der Waals surface area contributed by atoms with Gasteiger partial charge in [-0.2, -0.15) is 0 Å². The number of rotatable bonds is 5. The fraction of sp³-hybridized carbons (Fsp3) is 0.214. The highest BCUT2D eigenvalue weighted by Crippen LogP contribution is 2.33. The number of hydrogen-bond donors (Lipinski definition) is 1. The van der Waals surface area contributed by atoms with Gasteiger partial charge < -0.3 is 4.74 Å². The monoisotopic (exact) mass is 460 g/mol. The molecule has 0 spiro atoms. The number of benzene rings is 1. The number of carbonyl (C=O) groups is 1. The zero-order chi connectivity index (χ0) is 17.0. The average molecular weight is 462 g/mol. The number of amides is 1. The van der Waals surface area contributed by atoms with Gasteiger partial charge in [0.2, 0.25) is 5.16 Å². The molecular formula is C14H14Br2N4O2S. The molecule has 0 aliphatic heterocycles. The lowest BCUT2D eigenvalue weighted by atomic mass is 10.2. The maximum Gasteiger partial charge on any atom is 0.262 e. The quantitative estimate of drug-likeness (QED) is 0.543. The van der Waals surface area contributed by atoms with E-state index in [1.807, 2.05) is 18.4 Å². The Kier molecular flexibility index (Phi) is 6.25. The first-order chi connectivity index (χ1) is 11.0. The van der Waals surface area contributed by atoms with Crippen molar-refractivity contribution in [1.82, 2.24) is 14.9 Å². The molecule has 1 aromatic heterocycles. The van der Waals surface area contributed by atoms with Crippen molar-refractivity contribution < 1.29 is 9.53 Å². The first kappa shape index (κ1) is 18.0. The number of carbonyl (C=O) groups excluding carboxylic acids is 1. The summed E-state index contributed by atoms with van der Waals surface area (Å²) in [5.41, 5.74) is 3.50. The van der Waals surface area contributed by atoms with Crippen molar-refractivity contribution in [1.29, 1.82) is 0 Å². The van der Waals surface area contributed by atoms with E-state index in [2.05, 4.69) is 47.5 Å². The molecular weight excluding hydrogens is 448 g/mol. The summed E-state index contributed by atoms with van der Waals surface area (Å²) in [7, 11) is 1.58. The van der Waals surface area contributed by atoms with Crippen LogP contribution in [-0.4, -0.2) is 34.1 Å². The molecule has 122 valence electrons. The maximum absolute atomic E-state index is 12.1. The van der Waals surface area contributed by atoms with Crippen molar-refractivity contribution in [3.63, 3.8) is 0 Å². The lowest BCUT2D eigenvalue weighted by Gasteiger charge is -2.09. The van der Waals surface area contributed by atoms with E-state index in [1.54, 1.807) is 24.8 Å². The number of thioether (sulfide) groups is 1. The Bertz CT molecular complexity index is 761. The third-order valence-electron chi connectivity index (χ3n) is 2.86. The summed E-state index contributed by atoms with van der Waals surface area (Å²) in [5, 5.41) is 8.51. The summed E-state index contributed by atoms with van der Waals surface area (Å²) < 4.78 is 8.57. The van der Waals surface area contributed by atoms with Gasteiger partial charge in [0.25, 0.3) is 5.91 Å². The Morgan fingerprint density at radius 3 is 2.78 bits per heavy atom. The van der Waals surface area contributed by atoms with Gasteiger partial charge in [-0.25, -0.2) is 4.68 Å². The average Bonchev–Trinajstić information content (AvgIpc) is 2.85. The third-order valence-corrected chi connectivity index (χ3v) is 4.53. The van der Waals surface area contributed by atoms with Crippen molar-refractivity contribution >= 4 is 55.6 Å². The molecule has 23 heavy (non-hydrogen) atoms. The molecule has 0 aliphatic carbocycles. The van der Waals surface area contributed by atoms with Crippen LogP contribution in [-0.2, 0) is 4.79 Å². The van der Waals surface area contributed by atoms with Crippen LogP contribution in [0.4, 0.5) is 0 Å². The molecule has 2 rings (SSSR count). The zero-order valence-electron chi connectivity index (χ0n) is 12.6. The van der Waals surface area contributed by atoms with Gasteiger partial charge in [0.1, 0.15) is 11.6 Å².